The Labute approximate surface area is 245 Å². The number of benzene rings is 1. The summed E-state index contributed by atoms with van der Waals surface area (Å²) in [4.78, 5) is 11.7. The predicted octanol–water partition coefficient (Wildman–Crippen LogP) is 0.857. The number of aliphatic carboxylic acids is 1. The molecule has 0 radical (unpaired) electrons. The molecule has 0 amide bonds. The average Bonchev–Trinajstić information content (AvgIpc) is 3.30. The molecule has 11 nitrogen and oxygen atoms in total. The number of ether oxygens (including phenoxy) is 4. The van der Waals surface area contributed by atoms with Crippen LogP contribution in [-0.4, -0.2) is 99.2 Å². The zero-order chi connectivity index (χ0) is 30.2. The second-order valence-corrected chi connectivity index (χ2v) is 14.7. The fourth-order valence-electron chi connectivity index (χ4n) is 9.88. The van der Waals surface area contributed by atoms with E-state index in [1.165, 1.54) is 0 Å². The Morgan fingerprint density at radius 3 is 2.48 bits per heavy atom. The molecule has 232 valence electrons. The number of aliphatic hydroxyl groups is 4. The number of aliphatic hydroxyl groups excluding tert-OH is 3. The molecule has 0 aromatic heterocycles. The van der Waals surface area contributed by atoms with Crippen LogP contribution in [0.15, 0.2) is 12.1 Å². The minimum absolute atomic E-state index is 0.192. The number of piperidine rings is 1. The van der Waals surface area contributed by atoms with Crippen LogP contribution in [-0.2, 0) is 26.1 Å². The molecule has 1 aromatic carbocycles. The molecule has 2 spiro atoms. The standard InChI is InChI=1S/C31H43NO10/c1-27(2,3)28(4,38)16-13-29-8-9-31(16,39-5)26-30(29)10-11-32-17(29)12-14-6-7-15(22(42-26)18(14)30)40-25-21(35)19(33)20(34)23(41-25)24(36)37/h6-7,16-17,19-21,23,25-26,32-35,38H,8-13H2,1-5H3,(H,36,37)/t16-,17-,19+,20+,21+,23+,25-,26-,28-,29-,30+,31-/m1/s1. The molecule has 8 rings (SSSR count). The van der Waals surface area contributed by atoms with Crippen LogP contribution in [0, 0.1) is 16.7 Å². The van der Waals surface area contributed by atoms with Crippen molar-refractivity contribution >= 4 is 5.97 Å². The summed E-state index contributed by atoms with van der Waals surface area (Å²) in [6, 6.07) is 3.94. The zero-order valence-corrected chi connectivity index (χ0v) is 24.8. The monoisotopic (exact) mass is 589 g/mol. The normalized spacial score (nSPS) is 46.4. The number of nitrogens with one attached hydrogen (secondary N) is 1. The van der Waals surface area contributed by atoms with Gasteiger partial charge >= 0.3 is 5.97 Å². The van der Waals surface area contributed by atoms with Gasteiger partial charge in [0.1, 0.15) is 30.0 Å². The van der Waals surface area contributed by atoms with E-state index in [2.05, 4.69) is 26.1 Å². The van der Waals surface area contributed by atoms with E-state index in [1.807, 2.05) is 13.0 Å². The van der Waals surface area contributed by atoms with Gasteiger partial charge in [0.15, 0.2) is 17.6 Å². The smallest absolute Gasteiger partial charge is 0.335 e. The van der Waals surface area contributed by atoms with Gasteiger partial charge in [0.05, 0.1) is 5.60 Å². The van der Waals surface area contributed by atoms with Crippen molar-refractivity contribution in [3.05, 3.63) is 23.3 Å². The highest BCUT2D eigenvalue weighted by molar-refractivity contribution is 5.73. The first kappa shape index (κ1) is 28.8. The third kappa shape index (κ3) is 3.23. The first-order chi connectivity index (χ1) is 19.7. The zero-order valence-electron chi connectivity index (χ0n) is 24.8. The van der Waals surface area contributed by atoms with Crippen molar-refractivity contribution in [3.8, 4) is 11.5 Å². The van der Waals surface area contributed by atoms with Crippen LogP contribution in [0.3, 0.4) is 0 Å². The number of carbonyl (C=O) groups is 1. The maximum Gasteiger partial charge on any atom is 0.335 e. The van der Waals surface area contributed by atoms with Crippen LogP contribution in [0.1, 0.15) is 64.5 Å². The molecule has 42 heavy (non-hydrogen) atoms. The highest BCUT2D eigenvalue weighted by atomic mass is 16.7. The second-order valence-electron chi connectivity index (χ2n) is 14.7. The molecule has 6 N–H and O–H groups in total. The summed E-state index contributed by atoms with van der Waals surface area (Å²) in [7, 11) is 1.72. The summed E-state index contributed by atoms with van der Waals surface area (Å²) in [5.41, 5.74) is -0.637. The van der Waals surface area contributed by atoms with E-state index < -0.39 is 64.8 Å². The number of hydrogen-bond donors (Lipinski definition) is 6. The molecular formula is C31H43NO10. The van der Waals surface area contributed by atoms with Crippen LogP contribution in [0.4, 0.5) is 0 Å². The molecular weight excluding hydrogens is 546 g/mol. The van der Waals surface area contributed by atoms with Gasteiger partial charge in [0.2, 0.25) is 6.29 Å². The number of methoxy groups -OCH3 is 1. The Kier molecular flexibility index (Phi) is 6.03. The molecule has 7 aliphatic rings. The maximum atomic E-state index is 12.2. The number of hydrogen-bond acceptors (Lipinski definition) is 10. The average molecular weight is 590 g/mol. The van der Waals surface area contributed by atoms with E-state index in [9.17, 15) is 30.3 Å². The van der Waals surface area contributed by atoms with Crippen molar-refractivity contribution in [2.24, 2.45) is 16.7 Å². The SMILES string of the molecule is CO[C@]12CC[C@@]3(C[C@@H]1[C@@](C)(O)C(C)(C)C)[C@H]1Cc4ccc(O[C@@H]5O[C@H](C(=O)O)[C@@H](O)[C@H](O)[C@@H]5O)c5c4[C@@]3(CCN1)[C@H]2O5. The lowest BCUT2D eigenvalue weighted by Crippen LogP contribution is -2.83. The van der Waals surface area contributed by atoms with Crippen LogP contribution >= 0.6 is 0 Å². The Morgan fingerprint density at radius 1 is 1.07 bits per heavy atom. The van der Waals surface area contributed by atoms with Crippen molar-refractivity contribution in [2.75, 3.05) is 13.7 Å². The molecule has 3 heterocycles. The van der Waals surface area contributed by atoms with Gasteiger partial charge in [-0.05, 0) is 62.6 Å². The number of carboxylic acid groups (broad SMARTS) is 1. The van der Waals surface area contributed by atoms with Crippen LogP contribution in [0.5, 0.6) is 11.5 Å². The summed E-state index contributed by atoms with van der Waals surface area (Å²) >= 11 is 0. The van der Waals surface area contributed by atoms with Crippen LogP contribution in [0.2, 0.25) is 0 Å². The summed E-state index contributed by atoms with van der Waals surface area (Å²) in [5, 5.41) is 56.8. The lowest BCUT2D eigenvalue weighted by atomic mass is 9.33. The van der Waals surface area contributed by atoms with Crippen LogP contribution in [0.25, 0.3) is 0 Å². The molecule has 4 aliphatic carbocycles. The highest BCUT2D eigenvalue weighted by Crippen LogP contribution is 2.77. The van der Waals surface area contributed by atoms with Gasteiger partial charge in [-0.1, -0.05) is 26.8 Å². The summed E-state index contributed by atoms with van der Waals surface area (Å²) < 4.78 is 25.1. The van der Waals surface area contributed by atoms with Crippen molar-refractivity contribution in [1.29, 1.82) is 0 Å². The van der Waals surface area contributed by atoms with E-state index in [0.29, 0.717) is 5.75 Å². The van der Waals surface area contributed by atoms with E-state index in [1.54, 1.807) is 13.2 Å². The molecule has 2 saturated heterocycles. The quantitative estimate of drug-likeness (QED) is 0.288. The molecule has 5 fully saturated rings. The van der Waals surface area contributed by atoms with Crippen molar-refractivity contribution < 1.29 is 49.3 Å². The van der Waals surface area contributed by atoms with Crippen molar-refractivity contribution in [1.82, 2.24) is 5.32 Å². The van der Waals surface area contributed by atoms with Gasteiger partial charge < -0.3 is 49.8 Å². The Bertz CT molecular complexity index is 1310. The van der Waals surface area contributed by atoms with Gasteiger partial charge in [-0.25, -0.2) is 4.79 Å². The Morgan fingerprint density at radius 2 is 1.81 bits per heavy atom. The minimum Gasteiger partial charge on any atom is -0.482 e. The third-order valence-corrected chi connectivity index (χ3v) is 12.4. The van der Waals surface area contributed by atoms with Crippen molar-refractivity contribution in [3.63, 3.8) is 0 Å². The van der Waals surface area contributed by atoms with Crippen molar-refractivity contribution in [2.45, 2.75) is 119 Å². The summed E-state index contributed by atoms with van der Waals surface area (Å²) in [6.45, 7) is 8.92. The van der Waals surface area contributed by atoms with Gasteiger partial charge in [-0.2, -0.15) is 0 Å². The molecule has 3 aliphatic heterocycles. The first-order valence-corrected chi connectivity index (χ1v) is 15.1. The van der Waals surface area contributed by atoms with Gasteiger partial charge in [-0.15, -0.1) is 0 Å². The lowest BCUT2D eigenvalue weighted by molar-refractivity contribution is -0.303. The second kappa shape index (κ2) is 8.80. The van der Waals surface area contributed by atoms with E-state index in [0.717, 1.165) is 49.8 Å². The van der Waals surface area contributed by atoms with Gasteiger partial charge in [0.25, 0.3) is 0 Å². The molecule has 3 saturated carbocycles. The molecule has 4 bridgehead atoms. The van der Waals surface area contributed by atoms with Gasteiger partial charge in [-0.3, -0.25) is 0 Å². The Balaban J connectivity index is 1.36. The predicted molar refractivity (Wildman–Crippen MR) is 147 cm³/mol. The molecule has 0 unspecified atom stereocenters. The maximum absolute atomic E-state index is 12.2. The fourth-order valence-corrected chi connectivity index (χ4v) is 9.88. The van der Waals surface area contributed by atoms with Crippen LogP contribution < -0.4 is 14.8 Å². The Hall–Kier alpha value is -1.99. The van der Waals surface area contributed by atoms with E-state index in [-0.39, 0.29) is 23.1 Å². The number of rotatable bonds is 5. The van der Waals surface area contributed by atoms with Gasteiger partial charge in [0, 0.05) is 35.5 Å². The molecule has 11 heteroatoms. The minimum atomic E-state index is -1.81. The lowest BCUT2D eigenvalue weighted by Gasteiger charge is -2.74. The van der Waals surface area contributed by atoms with E-state index in [4.69, 9.17) is 18.9 Å². The number of fused-ring (bicyclic) bond motifs is 2. The molecule has 1 aromatic rings. The molecule has 12 atom stereocenters. The largest absolute Gasteiger partial charge is 0.482 e. The highest BCUT2D eigenvalue weighted by Gasteiger charge is 2.81. The third-order valence-electron chi connectivity index (χ3n) is 12.4. The fraction of sp³-hybridized carbons (Fsp3) is 0.774. The van der Waals surface area contributed by atoms with E-state index >= 15 is 0 Å². The first-order valence-electron chi connectivity index (χ1n) is 15.1. The summed E-state index contributed by atoms with van der Waals surface area (Å²) in [6.07, 6.45) is -4.97. The topological polar surface area (TPSA) is 167 Å². The summed E-state index contributed by atoms with van der Waals surface area (Å²) in [5.74, 6) is -0.895. The number of carboxylic acids is 1.